The molecule has 4 nitrogen and oxygen atoms in total. The zero-order valence-corrected chi connectivity index (χ0v) is 16.4. The van der Waals surface area contributed by atoms with Crippen molar-refractivity contribution in [2.75, 3.05) is 4.31 Å². The molecule has 3 aromatic rings. The molecule has 0 amide bonds. The number of anilines is 1. The number of benzene rings is 2. The van der Waals surface area contributed by atoms with Crippen LogP contribution in [-0.4, -0.2) is 13.4 Å². The molecule has 3 rings (SSSR count). The molecule has 1 aromatic heterocycles. The second-order valence-corrected chi connectivity index (χ2v) is 9.02. The molecule has 0 radical (unpaired) electrons. The van der Waals surface area contributed by atoms with Gasteiger partial charge in [0.25, 0.3) is 10.0 Å². The van der Waals surface area contributed by atoms with E-state index in [-0.39, 0.29) is 11.4 Å². The highest BCUT2D eigenvalue weighted by molar-refractivity contribution is 7.92. The number of thiazole rings is 1. The number of rotatable bonds is 5. The van der Waals surface area contributed by atoms with E-state index in [1.54, 1.807) is 18.2 Å². The SMILES string of the molecule is Cc1nc(CN(c2ccc(F)cc2)S(=O)(=O)c2ccc(C)c(C)c2)cs1. The van der Waals surface area contributed by atoms with Gasteiger partial charge in [-0.2, -0.15) is 0 Å². The molecule has 0 unspecified atom stereocenters. The zero-order chi connectivity index (χ0) is 18.9. The molecule has 0 aliphatic rings. The van der Waals surface area contributed by atoms with Gasteiger partial charge >= 0.3 is 0 Å². The Balaban J connectivity index is 2.08. The van der Waals surface area contributed by atoms with Gasteiger partial charge in [-0.15, -0.1) is 11.3 Å². The third-order valence-electron chi connectivity index (χ3n) is 4.15. The minimum Gasteiger partial charge on any atom is -0.260 e. The van der Waals surface area contributed by atoms with Crippen molar-refractivity contribution < 1.29 is 12.8 Å². The lowest BCUT2D eigenvalue weighted by Crippen LogP contribution is -2.30. The average molecular weight is 391 g/mol. The van der Waals surface area contributed by atoms with Crippen LogP contribution in [0.3, 0.4) is 0 Å². The molecule has 0 N–H and O–H groups in total. The van der Waals surface area contributed by atoms with Crippen molar-refractivity contribution in [3.05, 3.63) is 75.5 Å². The predicted molar refractivity (Wildman–Crippen MR) is 103 cm³/mol. The minimum absolute atomic E-state index is 0.0885. The van der Waals surface area contributed by atoms with Gasteiger partial charge in [0.2, 0.25) is 0 Å². The van der Waals surface area contributed by atoms with Gasteiger partial charge in [0.15, 0.2) is 0 Å². The Morgan fingerprint density at radius 3 is 2.31 bits per heavy atom. The molecule has 0 atom stereocenters. The summed E-state index contributed by atoms with van der Waals surface area (Å²) < 4.78 is 41.2. The molecule has 0 saturated heterocycles. The van der Waals surface area contributed by atoms with Crippen molar-refractivity contribution >= 4 is 27.0 Å². The standard InChI is InChI=1S/C19H19FN2O2S2/c1-13-4-9-19(10-14(13)2)26(23,24)22(11-17-12-25-15(3)21-17)18-7-5-16(20)6-8-18/h4-10,12H,11H2,1-3H3. The van der Waals surface area contributed by atoms with Crippen molar-refractivity contribution in [2.24, 2.45) is 0 Å². The molecule has 0 aliphatic carbocycles. The molecule has 26 heavy (non-hydrogen) atoms. The number of hydrogen-bond acceptors (Lipinski definition) is 4. The highest BCUT2D eigenvalue weighted by Crippen LogP contribution is 2.27. The molecule has 2 aromatic carbocycles. The quantitative estimate of drug-likeness (QED) is 0.640. The van der Waals surface area contributed by atoms with Crippen LogP contribution in [0.2, 0.25) is 0 Å². The minimum atomic E-state index is -3.82. The van der Waals surface area contributed by atoms with E-state index in [4.69, 9.17) is 0 Å². The van der Waals surface area contributed by atoms with Gasteiger partial charge in [-0.25, -0.2) is 17.8 Å². The smallest absolute Gasteiger partial charge is 0.260 e. The Morgan fingerprint density at radius 2 is 1.73 bits per heavy atom. The largest absolute Gasteiger partial charge is 0.264 e. The van der Waals surface area contributed by atoms with Crippen molar-refractivity contribution in [2.45, 2.75) is 32.2 Å². The van der Waals surface area contributed by atoms with Gasteiger partial charge in [0.1, 0.15) is 5.82 Å². The van der Waals surface area contributed by atoms with E-state index in [0.29, 0.717) is 11.4 Å². The summed E-state index contributed by atoms with van der Waals surface area (Å²) in [7, 11) is -3.82. The Bertz CT molecular complexity index is 1030. The van der Waals surface area contributed by atoms with Gasteiger partial charge in [-0.05, 0) is 68.3 Å². The summed E-state index contributed by atoms with van der Waals surface area (Å²) in [6.45, 7) is 5.77. The van der Waals surface area contributed by atoms with Crippen LogP contribution in [0.1, 0.15) is 21.8 Å². The van der Waals surface area contributed by atoms with Gasteiger partial charge < -0.3 is 0 Å². The summed E-state index contributed by atoms with van der Waals surface area (Å²) in [6, 6.07) is 10.5. The molecule has 0 saturated carbocycles. The van der Waals surface area contributed by atoms with Gasteiger partial charge in [0, 0.05) is 5.38 Å². The Morgan fingerprint density at radius 1 is 1.04 bits per heavy atom. The van der Waals surface area contributed by atoms with Crippen LogP contribution in [0.5, 0.6) is 0 Å². The number of sulfonamides is 1. The van der Waals surface area contributed by atoms with E-state index in [9.17, 15) is 12.8 Å². The third kappa shape index (κ3) is 3.78. The van der Waals surface area contributed by atoms with Crippen LogP contribution in [0, 0.1) is 26.6 Å². The van der Waals surface area contributed by atoms with Crippen molar-refractivity contribution in [1.82, 2.24) is 4.98 Å². The topological polar surface area (TPSA) is 50.3 Å². The predicted octanol–water partition coefficient (Wildman–Crippen LogP) is 4.60. The zero-order valence-electron chi connectivity index (χ0n) is 14.7. The molecule has 136 valence electrons. The summed E-state index contributed by atoms with van der Waals surface area (Å²) in [6.07, 6.45) is 0. The van der Waals surface area contributed by atoms with Crippen LogP contribution in [0.25, 0.3) is 0 Å². The molecule has 0 bridgehead atoms. The molecule has 0 spiro atoms. The van der Waals surface area contributed by atoms with Crippen LogP contribution >= 0.6 is 11.3 Å². The van der Waals surface area contributed by atoms with Crippen LogP contribution in [0.15, 0.2) is 52.7 Å². The van der Waals surface area contributed by atoms with E-state index in [1.807, 2.05) is 26.2 Å². The Kier molecular flexibility index (Phi) is 5.11. The summed E-state index contributed by atoms with van der Waals surface area (Å²) in [5.74, 6) is -0.415. The maximum Gasteiger partial charge on any atom is 0.264 e. The lowest BCUT2D eigenvalue weighted by atomic mass is 10.1. The van der Waals surface area contributed by atoms with Crippen LogP contribution in [0.4, 0.5) is 10.1 Å². The highest BCUT2D eigenvalue weighted by Gasteiger charge is 2.26. The molecular formula is C19H19FN2O2S2. The van der Waals surface area contributed by atoms with Gasteiger partial charge in [-0.3, -0.25) is 4.31 Å². The van der Waals surface area contributed by atoms with Crippen LogP contribution in [-0.2, 0) is 16.6 Å². The number of hydrogen-bond donors (Lipinski definition) is 0. The summed E-state index contributed by atoms with van der Waals surface area (Å²) in [5, 5.41) is 2.70. The molecule has 0 fully saturated rings. The number of aromatic nitrogens is 1. The fraction of sp³-hybridized carbons (Fsp3) is 0.211. The summed E-state index contributed by atoms with van der Waals surface area (Å²) >= 11 is 1.46. The number of halogens is 1. The van der Waals surface area contributed by atoms with E-state index >= 15 is 0 Å². The Hall–Kier alpha value is -2.25. The Labute approximate surface area is 157 Å². The first kappa shape index (κ1) is 18.5. The monoisotopic (exact) mass is 390 g/mol. The first-order valence-electron chi connectivity index (χ1n) is 8.04. The van der Waals surface area contributed by atoms with Crippen molar-refractivity contribution in [3.63, 3.8) is 0 Å². The summed E-state index contributed by atoms with van der Waals surface area (Å²) in [5.41, 5.74) is 2.97. The second-order valence-electron chi connectivity index (χ2n) is 6.09. The maximum absolute atomic E-state index is 13.3. The number of nitrogens with zero attached hydrogens (tertiary/aromatic N) is 2. The first-order chi connectivity index (χ1) is 12.3. The van der Waals surface area contributed by atoms with Crippen molar-refractivity contribution in [1.29, 1.82) is 0 Å². The molecule has 7 heteroatoms. The van der Waals surface area contributed by atoms with E-state index in [2.05, 4.69) is 4.98 Å². The molecular weight excluding hydrogens is 371 g/mol. The maximum atomic E-state index is 13.3. The third-order valence-corrected chi connectivity index (χ3v) is 6.75. The van der Waals surface area contributed by atoms with Gasteiger partial charge in [0.05, 0.1) is 27.8 Å². The highest BCUT2D eigenvalue weighted by atomic mass is 32.2. The fourth-order valence-corrected chi connectivity index (χ4v) is 4.68. The van der Waals surface area contributed by atoms with Crippen LogP contribution < -0.4 is 4.31 Å². The van der Waals surface area contributed by atoms with E-state index in [1.165, 1.54) is 39.9 Å². The first-order valence-corrected chi connectivity index (χ1v) is 10.4. The van der Waals surface area contributed by atoms with E-state index in [0.717, 1.165) is 16.1 Å². The number of aryl methyl sites for hydroxylation is 3. The fourth-order valence-electron chi connectivity index (χ4n) is 2.55. The lowest BCUT2D eigenvalue weighted by molar-refractivity contribution is 0.589. The average Bonchev–Trinajstić information content (AvgIpc) is 3.01. The lowest BCUT2D eigenvalue weighted by Gasteiger charge is -2.24. The second kappa shape index (κ2) is 7.17. The van der Waals surface area contributed by atoms with Gasteiger partial charge in [-0.1, -0.05) is 6.07 Å². The van der Waals surface area contributed by atoms with Crippen molar-refractivity contribution in [3.8, 4) is 0 Å². The molecule has 0 aliphatic heterocycles. The summed E-state index contributed by atoms with van der Waals surface area (Å²) in [4.78, 5) is 4.58. The van der Waals surface area contributed by atoms with E-state index < -0.39 is 15.8 Å². The normalized spacial score (nSPS) is 11.5. The molecule has 1 heterocycles.